The number of carbonyl (C=O) groups is 1. The molecule has 23 heavy (non-hydrogen) atoms. The van der Waals surface area contributed by atoms with Gasteiger partial charge in [-0.05, 0) is 18.1 Å². The van der Waals surface area contributed by atoms with Crippen molar-refractivity contribution in [3.63, 3.8) is 0 Å². The smallest absolute Gasteiger partial charge is 0.226 e. The van der Waals surface area contributed by atoms with Crippen molar-refractivity contribution in [2.24, 2.45) is 0 Å². The minimum atomic E-state index is -0.140. The number of hydrogen-bond acceptors (Lipinski definition) is 4. The lowest BCUT2D eigenvalue weighted by Gasteiger charge is -2.07. The molecule has 0 amide bonds. The maximum Gasteiger partial charge on any atom is 0.226 e. The quantitative estimate of drug-likeness (QED) is 0.560. The minimum absolute atomic E-state index is 0.140. The predicted octanol–water partition coefficient (Wildman–Crippen LogP) is 3.34. The summed E-state index contributed by atoms with van der Waals surface area (Å²) in [4.78, 5) is 23.5. The third-order valence-electron chi connectivity index (χ3n) is 3.54. The van der Waals surface area contributed by atoms with E-state index in [1.54, 1.807) is 13.1 Å². The zero-order valence-electron chi connectivity index (χ0n) is 12.9. The molecule has 0 fully saturated rings. The van der Waals surface area contributed by atoms with Crippen molar-refractivity contribution in [2.45, 2.75) is 13.3 Å². The van der Waals surface area contributed by atoms with Crippen molar-refractivity contribution >= 4 is 16.8 Å². The van der Waals surface area contributed by atoms with E-state index in [4.69, 9.17) is 4.74 Å². The SMILES string of the molecule is C=C(C)C(=O)c1c[nH]c2ncnc(OCCc3ccccc3)c12. The molecule has 0 atom stereocenters. The summed E-state index contributed by atoms with van der Waals surface area (Å²) < 4.78 is 5.80. The Hall–Kier alpha value is -2.95. The number of aromatic amines is 1. The predicted molar refractivity (Wildman–Crippen MR) is 88.7 cm³/mol. The molecule has 0 saturated carbocycles. The molecule has 0 spiro atoms. The van der Waals surface area contributed by atoms with Crippen LogP contribution in [0.2, 0.25) is 0 Å². The molecule has 0 saturated heterocycles. The molecule has 1 aromatic carbocycles. The first-order chi connectivity index (χ1) is 11.2. The first kappa shape index (κ1) is 15.0. The van der Waals surface area contributed by atoms with Crippen LogP contribution in [0.3, 0.4) is 0 Å². The number of Topliss-reactive ketones (excluding diaryl/α,β-unsaturated/α-hetero) is 1. The van der Waals surface area contributed by atoms with Crippen molar-refractivity contribution in [3.05, 3.63) is 66.1 Å². The number of aromatic nitrogens is 3. The van der Waals surface area contributed by atoms with Gasteiger partial charge in [-0.3, -0.25) is 4.79 Å². The lowest BCUT2D eigenvalue weighted by Crippen LogP contribution is -2.05. The highest BCUT2D eigenvalue weighted by Crippen LogP contribution is 2.26. The van der Waals surface area contributed by atoms with Gasteiger partial charge in [0.1, 0.15) is 12.0 Å². The van der Waals surface area contributed by atoms with Crippen LogP contribution in [0.5, 0.6) is 5.88 Å². The maximum atomic E-state index is 12.2. The Bertz CT molecular complexity index is 853. The van der Waals surface area contributed by atoms with Gasteiger partial charge in [-0.15, -0.1) is 0 Å². The summed E-state index contributed by atoms with van der Waals surface area (Å²) in [5.74, 6) is 0.274. The Labute approximate surface area is 134 Å². The molecule has 0 unspecified atom stereocenters. The Morgan fingerprint density at radius 1 is 1.26 bits per heavy atom. The normalized spacial score (nSPS) is 10.7. The maximum absolute atomic E-state index is 12.2. The molecule has 0 aliphatic carbocycles. The number of benzene rings is 1. The van der Waals surface area contributed by atoms with E-state index in [0.717, 1.165) is 6.42 Å². The van der Waals surface area contributed by atoms with Crippen molar-refractivity contribution < 1.29 is 9.53 Å². The van der Waals surface area contributed by atoms with E-state index in [-0.39, 0.29) is 5.78 Å². The Balaban J connectivity index is 1.84. The summed E-state index contributed by atoms with van der Waals surface area (Å²) in [6, 6.07) is 10.1. The number of carbonyl (C=O) groups excluding carboxylic acids is 1. The molecule has 3 aromatic rings. The Morgan fingerprint density at radius 3 is 2.78 bits per heavy atom. The fourth-order valence-electron chi connectivity index (χ4n) is 2.36. The Morgan fingerprint density at radius 2 is 2.04 bits per heavy atom. The van der Waals surface area contributed by atoms with Crippen molar-refractivity contribution in [3.8, 4) is 5.88 Å². The second kappa shape index (κ2) is 6.44. The molecule has 5 nitrogen and oxygen atoms in total. The van der Waals surface area contributed by atoms with Crippen molar-refractivity contribution in [1.82, 2.24) is 15.0 Å². The molecular formula is C18H17N3O2. The van der Waals surface area contributed by atoms with Crippen LogP contribution in [-0.4, -0.2) is 27.3 Å². The van der Waals surface area contributed by atoms with Gasteiger partial charge in [0.05, 0.1) is 17.6 Å². The largest absolute Gasteiger partial charge is 0.477 e. The van der Waals surface area contributed by atoms with Crippen molar-refractivity contribution in [1.29, 1.82) is 0 Å². The van der Waals surface area contributed by atoms with Crippen LogP contribution in [0.15, 0.2) is 55.0 Å². The van der Waals surface area contributed by atoms with E-state index >= 15 is 0 Å². The van der Waals surface area contributed by atoms with Crippen LogP contribution in [0, 0.1) is 0 Å². The number of fused-ring (bicyclic) bond motifs is 1. The minimum Gasteiger partial charge on any atom is -0.477 e. The van der Waals surface area contributed by atoms with Gasteiger partial charge in [0.15, 0.2) is 5.78 Å². The summed E-state index contributed by atoms with van der Waals surface area (Å²) in [7, 11) is 0. The van der Waals surface area contributed by atoms with Crippen LogP contribution >= 0.6 is 0 Å². The molecule has 0 radical (unpaired) electrons. The summed E-state index contributed by atoms with van der Waals surface area (Å²) in [5.41, 5.74) is 2.72. The van der Waals surface area contributed by atoms with E-state index in [9.17, 15) is 4.79 Å². The summed E-state index contributed by atoms with van der Waals surface area (Å²) in [6.07, 6.45) is 3.81. The molecular weight excluding hydrogens is 290 g/mol. The second-order valence-corrected chi connectivity index (χ2v) is 5.30. The van der Waals surface area contributed by atoms with E-state index in [1.807, 2.05) is 30.3 Å². The number of allylic oxidation sites excluding steroid dienone is 1. The molecule has 0 aliphatic rings. The van der Waals surface area contributed by atoms with Crippen molar-refractivity contribution in [2.75, 3.05) is 6.61 Å². The van der Waals surface area contributed by atoms with Crippen LogP contribution in [-0.2, 0) is 6.42 Å². The van der Waals surface area contributed by atoms with E-state index < -0.39 is 0 Å². The highest BCUT2D eigenvalue weighted by molar-refractivity contribution is 6.16. The third-order valence-corrected chi connectivity index (χ3v) is 3.54. The number of H-pyrrole nitrogens is 1. The lowest BCUT2D eigenvalue weighted by atomic mass is 10.1. The number of nitrogens with zero attached hydrogens (tertiary/aromatic N) is 2. The van der Waals surface area contributed by atoms with Crippen LogP contribution < -0.4 is 4.74 Å². The first-order valence-electron chi connectivity index (χ1n) is 7.36. The summed E-state index contributed by atoms with van der Waals surface area (Å²) in [6.45, 7) is 5.86. The topological polar surface area (TPSA) is 67.9 Å². The van der Waals surface area contributed by atoms with Gasteiger partial charge in [-0.25, -0.2) is 9.97 Å². The van der Waals surface area contributed by atoms with Gasteiger partial charge in [-0.1, -0.05) is 36.9 Å². The summed E-state index contributed by atoms with van der Waals surface area (Å²) >= 11 is 0. The molecule has 0 bridgehead atoms. The lowest BCUT2D eigenvalue weighted by molar-refractivity contribution is 0.103. The fourth-order valence-corrected chi connectivity index (χ4v) is 2.36. The van der Waals surface area contributed by atoms with Crippen LogP contribution in [0.1, 0.15) is 22.8 Å². The Kier molecular flexibility index (Phi) is 4.19. The number of ether oxygens (including phenoxy) is 1. The number of hydrogen-bond donors (Lipinski definition) is 1. The highest BCUT2D eigenvalue weighted by atomic mass is 16.5. The highest BCUT2D eigenvalue weighted by Gasteiger charge is 2.18. The molecule has 2 heterocycles. The molecule has 3 rings (SSSR count). The van der Waals surface area contributed by atoms with Crippen LogP contribution in [0.4, 0.5) is 0 Å². The average molecular weight is 307 g/mol. The average Bonchev–Trinajstić information content (AvgIpc) is 3.00. The molecule has 5 heteroatoms. The van der Waals surface area contributed by atoms with Gasteiger partial charge in [0, 0.05) is 12.6 Å². The van der Waals surface area contributed by atoms with Gasteiger partial charge in [0.25, 0.3) is 0 Å². The fraction of sp³-hybridized carbons (Fsp3) is 0.167. The first-order valence-corrected chi connectivity index (χ1v) is 7.36. The zero-order valence-corrected chi connectivity index (χ0v) is 12.9. The van der Waals surface area contributed by atoms with Gasteiger partial charge in [0.2, 0.25) is 5.88 Å². The van der Waals surface area contributed by atoms with E-state index in [0.29, 0.717) is 34.7 Å². The van der Waals surface area contributed by atoms with Gasteiger partial charge >= 0.3 is 0 Å². The number of rotatable bonds is 6. The molecule has 0 aliphatic heterocycles. The van der Waals surface area contributed by atoms with Gasteiger partial charge in [-0.2, -0.15) is 0 Å². The van der Waals surface area contributed by atoms with Gasteiger partial charge < -0.3 is 9.72 Å². The van der Waals surface area contributed by atoms with E-state index in [2.05, 4.69) is 21.5 Å². The standard InChI is InChI=1S/C18H17N3O2/c1-12(2)16(22)14-10-19-17-15(14)18(21-11-20-17)23-9-8-13-6-4-3-5-7-13/h3-7,10-11H,1,8-9H2,2H3,(H,19,20,21). The third kappa shape index (κ3) is 3.13. The van der Waals surface area contributed by atoms with E-state index in [1.165, 1.54) is 11.9 Å². The summed E-state index contributed by atoms with van der Waals surface area (Å²) in [5, 5.41) is 0.605. The zero-order chi connectivity index (χ0) is 16.2. The molecule has 1 N–H and O–H groups in total. The second-order valence-electron chi connectivity index (χ2n) is 5.30. The monoisotopic (exact) mass is 307 g/mol. The number of ketones is 1. The van der Waals surface area contributed by atoms with Crippen LogP contribution in [0.25, 0.3) is 11.0 Å². The molecule has 116 valence electrons. The molecule has 2 aromatic heterocycles. The number of nitrogens with one attached hydrogen (secondary N) is 1.